The van der Waals surface area contributed by atoms with Crippen molar-refractivity contribution in [1.29, 1.82) is 0 Å². The van der Waals surface area contributed by atoms with Crippen molar-refractivity contribution in [3.63, 3.8) is 0 Å². The number of ether oxygens (including phenoxy) is 4. The molecule has 0 spiro atoms. The molecular formula is C30H40N5O8P. The average molecular weight is 630 g/mol. The molecule has 0 bridgehead atoms. The smallest absolute Gasteiger partial charge is 0.459 e. The number of esters is 1. The summed E-state index contributed by atoms with van der Waals surface area (Å²) < 4.78 is 52.9. The Morgan fingerprint density at radius 1 is 1.11 bits per heavy atom. The Morgan fingerprint density at radius 3 is 2.61 bits per heavy atom. The van der Waals surface area contributed by atoms with Crippen LogP contribution in [0.4, 0.5) is 5.82 Å². The van der Waals surface area contributed by atoms with Crippen LogP contribution in [-0.2, 0) is 32.8 Å². The Labute approximate surface area is 256 Å². The van der Waals surface area contributed by atoms with Crippen LogP contribution in [0, 0.1) is 0 Å². The number of benzene rings is 1. The highest BCUT2D eigenvalue weighted by atomic mass is 31.2. The highest BCUT2D eigenvalue weighted by molar-refractivity contribution is 7.52. The van der Waals surface area contributed by atoms with E-state index in [9.17, 15) is 9.36 Å². The quantitative estimate of drug-likeness (QED) is 0.235. The number of carbonyl (C=O) groups excluding carboxylic acids is 1. The molecule has 14 heteroatoms. The van der Waals surface area contributed by atoms with Crippen molar-refractivity contribution >= 4 is 25.1 Å². The molecular weight excluding hydrogens is 589 g/mol. The Balaban J connectivity index is 1.23. The molecule has 2 aromatic heterocycles. The maximum absolute atomic E-state index is 14.3. The standard InChI is InChI=1S/C30H40N5O8P/c1-19(28(36)39-20-11-7-5-8-12-20)34-44(37,43-21-13-9-6-10-14-21)38-17-30(4)26-25(40-29(2,3)42-26)24(41-30)22-15-16-23-27(31)32-18-33-35(22)23/h6,9-10,13-16,18-20,24-26H,5,7-8,11-12,17H2,1-4H3,(H,34,37)(H2,31,32,33)/t19-,24-,25-,26-,30+,44-/m0/s1. The lowest BCUT2D eigenvalue weighted by molar-refractivity contribution is -0.212. The summed E-state index contributed by atoms with van der Waals surface area (Å²) in [5, 5.41) is 7.16. The molecule has 1 saturated carbocycles. The molecule has 6 rings (SSSR count). The maximum Gasteiger partial charge on any atom is 0.459 e. The topological polar surface area (TPSA) is 158 Å². The zero-order valence-electron chi connectivity index (χ0n) is 25.4. The first-order valence-electron chi connectivity index (χ1n) is 15.0. The molecule has 4 heterocycles. The Hall–Kier alpha value is -3.06. The van der Waals surface area contributed by atoms with E-state index in [1.165, 1.54) is 6.33 Å². The summed E-state index contributed by atoms with van der Waals surface area (Å²) in [5.74, 6) is -0.795. The van der Waals surface area contributed by atoms with Gasteiger partial charge in [-0.1, -0.05) is 24.6 Å². The Bertz CT molecular complexity index is 1530. The van der Waals surface area contributed by atoms with Crippen LogP contribution in [0.1, 0.15) is 71.6 Å². The van der Waals surface area contributed by atoms with Gasteiger partial charge < -0.3 is 29.2 Å². The number of nitrogens with zero attached hydrogens (tertiary/aromatic N) is 3. The molecule has 44 heavy (non-hydrogen) atoms. The number of hydrogen-bond donors (Lipinski definition) is 2. The van der Waals surface area contributed by atoms with Crippen LogP contribution >= 0.6 is 7.75 Å². The maximum atomic E-state index is 14.3. The van der Waals surface area contributed by atoms with Crippen LogP contribution in [0.15, 0.2) is 48.8 Å². The highest BCUT2D eigenvalue weighted by Gasteiger charge is 2.62. The van der Waals surface area contributed by atoms with Crippen molar-refractivity contribution in [1.82, 2.24) is 19.7 Å². The van der Waals surface area contributed by atoms with E-state index < -0.39 is 49.5 Å². The van der Waals surface area contributed by atoms with Gasteiger partial charge in [0.25, 0.3) is 0 Å². The molecule has 3 fully saturated rings. The molecule has 3 aromatic rings. The molecule has 0 unspecified atom stereocenters. The van der Waals surface area contributed by atoms with Gasteiger partial charge in [-0.15, -0.1) is 0 Å². The summed E-state index contributed by atoms with van der Waals surface area (Å²) in [5.41, 5.74) is 6.25. The monoisotopic (exact) mass is 629 g/mol. The van der Waals surface area contributed by atoms with Gasteiger partial charge in [-0.25, -0.2) is 14.1 Å². The van der Waals surface area contributed by atoms with E-state index in [1.54, 1.807) is 35.7 Å². The minimum absolute atomic E-state index is 0.149. The molecule has 13 nitrogen and oxygen atoms in total. The number of nitrogens with one attached hydrogen (secondary N) is 1. The summed E-state index contributed by atoms with van der Waals surface area (Å²) >= 11 is 0. The van der Waals surface area contributed by atoms with Gasteiger partial charge in [0.05, 0.1) is 12.3 Å². The predicted octanol–water partition coefficient (Wildman–Crippen LogP) is 4.72. The predicted molar refractivity (Wildman–Crippen MR) is 160 cm³/mol. The molecule has 3 aliphatic rings. The van der Waals surface area contributed by atoms with Gasteiger partial charge in [0.1, 0.15) is 53.7 Å². The van der Waals surface area contributed by atoms with Crippen LogP contribution in [0.3, 0.4) is 0 Å². The number of anilines is 1. The Kier molecular flexibility index (Phi) is 8.46. The van der Waals surface area contributed by atoms with Crippen molar-refractivity contribution in [3.05, 3.63) is 54.5 Å². The third-order valence-electron chi connectivity index (χ3n) is 8.26. The van der Waals surface area contributed by atoms with E-state index in [4.69, 9.17) is 33.7 Å². The number of nitrogen functional groups attached to an aromatic ring is 1. The third kappa shape index (κ3) is 6.35. The van der Waals surface area contributed by atoms with Crippen LogP contribution in [-0.4, -0.2) is 62.9 Å². The normalized spacial score (nSPS) is 28.8. The van der Waals surface area contributed by atoms with Crippen molar-refractivity contribution < 1.29 is 37.4 Å². The zero-order valence-corrected chi connectivity index (χ0v) is 26.3. The summed E-state index contributed by atoms with van der Waals surface area (Å²) in [6.45, 7) is 6.82. The SMILES string of the molecule is C[C@H](N[P@](=O)(OC[C@@]1(C)O[C@@H](c2ccc3c(N)ncnn23)[C@@H]2OC(C)(C)O[C@@H]21)Oc1ccccc1)C(=O)OC1CCCCC1. The number of hydrogen-bond acceptors (Lipinski definition) is 11. The van der Waals surface area contributed by atoms with Crippen LogP contribution in [0.2, 0.25) is 0 Å². The van der Waals surface area contributed by atoms with Crippen LogP contribution in [0.5, 0.6) is 5.75 Å². The van der Waals surface area contributed by atoms with E-state index in [-0.39, 0.29) is 12.7 Å². The molecule has 2 saturated heterocycles. The van der Waals surface area contributed by atoms with Gasteiger partial charge in [-0.2, -0.15) is 10.2 Å². The van der Waals surface area contributed by atoms with E-state index in [1.807, 2.05) is 39.0 Å². The van der Waals surface area contributed by atoms with Crippen molar-refractivity contribution in [2.75, 3.05) is 12.3 Å². The summed E-state index contributed by atoms with van der Waals surface area (Å²) in [4.78, 5) is 17.1. The number of aromatic nitrogens is 3. The van der Waals surface area contributed by atoms with E-state index in [2.05, 4.69) is 15.2 Å². The molecule has 3 N–H and O–H groups in total. The minimum atomic E-state index is -4.16. The molecule has 6 atom stereocenters. The highest BCUT2D eigenvalue weighted by Crippen LogP contribution is 2.53. The molecule has 0 amide bonds. The summed E-state index contributed by atoms with van der Waals surface area (Å²) in [6, 6.07) is 11.3. The van der Waals surface area contributed by atoms with Gasteiger partial charge in [0.15, 0.2) is 11.6 Å². The van der Waals surface area contributed by atoms with Crippen LogP contribution in [0.25, 0.3) is 5.52 Å². The molecule has 1 aliphatic carbocycles. The lowest BCUT2D eigenvalue weighted by atomic mass is 9.97. The fraction of sp³-hybridized carbons (Fsp3) is 0.567. The minimum Gasteiger partial charge on any atom is -0.461 e. The second-order valence-electron chi connectivity index (χ2n) is 12.3. The van der Waals surface area contributed by atoms with Gasteiger partial charge in [-0.3, -0.25) is 9.32 Å². The molecule has 0 radical (unpaired) electrons. The second kappa shape index (κ2) is 12.0. The van der Waals surface area contributed by atoms with E-state index in [0.717, 1.165) is 32.1 Å². The van der Waals surface area contributed by atoms with Crippen LogP contribution < -0.4 is 15.3 Å². The van der Waals surface area contributed by atoms with Crippen molar-refractivity contribution in [3.8, 4) is 5.75 Å². The van der Waals surface area contributed by atoms with Crippen molar-refractivity contribution in [2.45, 2.75) is 102 Å². The number of para-hydroxylation sites is 1. The molecule has 238 valence electrons. The summed E-state index contributed by atoms with van der Waals surface area (Å²) in [7, 11) is -4.16. The first-order valence-corrected chi connectivity index (χ1v) is 16.6. The summed E-state index contributed by atoms with van der Waals surface area (Å²) in [6.07, 6.45) is 4.26. The number of rotatable bonds is 10. The van der Waals surface area contributed by atoms with Gasteiger partial charge >= 0.3 is 13.7 Å². The first kappa shape index (κ1) is 30.9. The lowest BCUT2D eigenvalue weighted by Crippen LogP contribution is -2.45. The average Bonchev–Trinajstić information content (AvgIpc) is 3.64. The Morgan fingerprint density at radius 2 is 1.86 bits per heavy atom. The zero-order chi connectivity index (χ0) is 31.1. The van der Waals surface area contributed by atoms with Gasteiger partial charge in [0, 0.05) is 0 Å². The fourth-order valence-corrected chi connectivity index (χ4v) is 7.69. The fourth-order valence-electron chi connectivity index (χ4n) is 6.10. The number of fused-ring (bicyclic) bond motifs is 2. The van der Waals surface area contributed by atoms with E-state index in [0.29, 0.717) is 22.8 Å². The lowest BCUT2D eigenvalue weighted by Gasteiger charge is -2.33. The van der Waals surface area contributed by atoms with Gasteiger partial charge in [0.2, 0.25) is 0 Å². The van der Waals surface area contributed by atoms with E-state index >= 15 is 0 Å². The largest absolute Gasteiger partial charge is 0.461 e. The first-order chi connectivity index (χ1) is 21.0. The van der Waals surface area contributed by atoms with Crippen molar-refractivity contribution in [2.24, 2.45) is 0 Å². The number of carbonyl (C=O) groups is 1. The molecule has 2 aliphatic heterocycles. The third-order valence-corrected chi connectivity index (χ3v) is 9.88. The number of nitrogens with two attached hydrogens (primary N) is 1. The molecule has 1 aromatic carbocycles. The second-order valence-corrected chi connectivity index (χ2v) is 14.0. The van der Waals surface area contributed by atoms with Gasteiger partial charge in [-0.05, 0) is 77.6 Å².